The SMILES string of the molecule is CCCc1cccc(OCCC23CCC4C(CCC5=CC(=O)CCC54C)C2CCCC3O)c1.NC1CCCCC1. The summed E-state index contributed by atoms with van der Waals surface area (Å²) in [6.07, 6.45) is 21.3. The fourth-order valence-corrected chi connectivity index (χ4v) is 9.59. The Kier molecular flexibility index (Phi) is 9.78. The van der Waals surface area contributed by atoms with Crippen LogP contribution in [0.3, 0.4) is 0 Å². The van der Waals surface area contributed by atoms with Gasteiger partial charge in [-0.05, 0) is 118 Å². The van der Waals surface area contributed by atoms with Gasteiger partial charge in [-0.2, -0.15) is 0 Å². The van der Waals surface area contributed by atoms with Crippen LogP contribution >= 0.6 is 0 Å². The van der Waals surface area contributed by atoms with Crippen LogP contribution < -0.4 is 10.5 Å². The van der Waals surface area contributed by atoms with Crippen LogP contribution in [0.25, 0.3) is 0 Å². The summed E-state index contributed by atoms with van der Waals surface area (Å²) in [5.41, 5.74) is 8.61. The number of carbonyl (C=O) groups is 1. The number of aliphatic hydroxyl groups excluding tert-OH is 1. The summed E-state index contributed by atoms with van der Waals surface area (Å²) in [5.74, 6) is 3.24. The summed E-state index contributed by atoms with van der Waals surface area (Å²) in [6, 6.07) is 9.08. The van der Waals surface area contributed by atoms with Crippen molar-refractivity contribution in [3.8, 4) is 5.75 Å². The van der Waals surface area contributed by atoms with E-state index < -0.39 is 0 Å². The predicted molar refractivity (Wildman–Crippen MR) is 163 cm³/mol. The van der Waals surface area contributed by atoms with Gasteiger partial charge in [-0.1, -0.05) is 63.7 Å². The molecule has 3 N–H and O–H groups in total. The molecule has 4 heteroatoms. The Morgan fingerprint density at radius 2 is 1.80 bits per heavy atom. The zero-order valence-electron chi connectivity index (χ0n) is 25.3. The smallest absolute Gasteiger partial charge is 0.155 e. The molecule has 1 aromatic carbocycles. The van der Waals surface area contributed by atoms with E-state index in [9.17, 15) is 9.90 Å². The average molecular weight is 550 g/mol. The van der Waals surface area contributed by atoms with Crippen molar-refractivity contribution >= 4 is 5.78 Å². The van der Waals surface area contributed by atoms with Crippen molar-refractivity contribution in [3.05, 3.63) is 41.5 Å². The maximum Gasteiger partial charge on any atom is 0.155 e. The van der Waals surface area contributed by atoms with Crippen molar-refractivity contribution in [2.45, 2.75) is 135 Å². The molecule has 6 rings (SSSR count). The summed E-state index contributed by atoms with van der Waals surface area (Å²) in [5, 5.41) is 11.4. The molecular formula is C36H55NO3. The number of hydrogen-bond acceptors (Lipinski definition) is 4. The second-order valence-electron chi connectivity index (χ2n) is 14.1. The van der Waals surface area contributed by atoms with Crippen LogP contribution in [-0.4, -0.2) is 29.6 Å². The number of carbonyl (C=O) groups excluding carboxylic acids is 1. The lowest BCUT2D eigenvalue weighted by Crippen LogP contribution is -2.57. The van der Waals surface area contributed by atoms with Crippen molar-refractivity contribution in [1.29, 1.82) is 0 Å². The van der Waals surface area contributed by atoms with Gasteiger partial charge in [-0.15, -0.1) is 0 Å². The molecule has 4 nitrogen and oxygen atoms in total. The van der Waals surface area contributed by atoms with E-state index >= 15 is 0 Å². The molecule has 5 aliphatic carbocycles. The molecule has 6 atom stereocenters. The maximum absolute atomic E-state index is 12.1. The fourth-order valence-electron chi connectivity index (χ4n) is 9.59. The van der Waals surface area contributed by atoms with Crippen molar-refractivity contribution in [3.63, 3.8) is 0 Å². The Bertz CT molecular complexity index is 1030. The number of benzene rings is 1. The Hall–Kier alpha value is -1.65. The third-order valence-electron chi connectivity index (χ3n) is 11.8. The number of fused-ring (bicyclic) bond motifs is 5. The molecule has 0 radical (unpaired) electrons. The minimum Gasteiger partial charge on any atom is -0.494 e. The molecule has 1 aromatic rings. The van der Waals surface area contributed by atoms with Crippen LogP contribution in [0.15, 0.2) is 35.9 Å². The number of allylic oxidation sites excluding steroid dienone is 2. The fraction of sp³-hybridized carbons (Fsp3) is 0.750. The van der Waals surface area contributed by atoms with Crippen molar-refractivity contribution < 1.29 is 14.6 Å². The lowest BCUT2D eigenvalue weighted by Gasteiger charge is -2.62. The second kappa shape index (κ2) is 13.1. The van der Waals surface area contributed by atoms with E-state index in [1.165, 1.54) is 62.5 Å². The lowest BCUT2D eigenvalue weighted by atomic mass is 9.43. The number of rotatable bonds is 6. The van der Waals surface area contributed by atoms with E-state index in [2.05, 4.69) is 38.1 Å². The highest BCUT2D eigenvalue weighted by Crippen LogP contribution is 2.65. The highest BCUT2D eigenvalue weighted by molar-refractivity contribution is 5.91. The third kappa shape index (κ3) is 6.24. The van der Waals surface area contributed by atoms with Gasteiger partial charge in [0.15, 0.2) is 5.78 Å². The van der Waals surface area contributed by atoms with Crippen LogP contribution in [0.5, 0.6) is 5.75 Å². The number of hydrogen-bond donors (Lipinski definition) is 2. The molecule has 4 fully saturated rings. The van der Waals surface area contributed by atoms with Gasteiger partial charge in [-0.3, -0.25) is 4.79 Å². The van der Waals surface area contributed by atoms with E-state index in [-0.39, 0.29) is 16.9 Å². The molecule has 222 valence electrons. The van der Waals surface area contributed by atoms with Crippen molar-refractivity contribution in [2.24, 2.45) is 34.3 Å². The molecule has 0 saturated heterocycles. The van der Waals surface area contributed by atoms with Gasteiger partial charge in [0.2, 0.25) is 0 Å². The highest BCUT2D eigenvalue weighted by atomic mass is 16.5. The van der Waals surface area contributed by atoms with Gasteiger partial charge in [0.25, 0.3) is 0 Å². The molecular weight excluding hydrogens is 494 g/mol. The van der Waals surface area contributed by atoms with E-state index in [1.807, 2.05) is 6.08 Å². The molecule has 0 bridgehead atoms. The Morgan fingerprint density at radius 1 is 0.975 bits per heavy atom. The predicted octanol–water partition coefficient (Wildman–Crippen LogP) is 7.95. The quantitative estimate of drug-likeness (QED) is 0.378. The van der Waals surface area contributed by atoms with Gasteiger partial charge in [0, 0.05) is 17.9 Å². The van der Waals surface area contributed by atoms with Gasteiger partial charge in [0.05, 0.1) is 12.7 Å². The molecule has 0 aromatic heterocycles. The summed E-state index contributed by atoms with van der Waals surface area (Å²) >= 11 is 0. The van der Waals surface area contributed by atoms with Crippen LogP contribution in [0.2, 0.25) is 0 Å². The zero-order chi connectivity index (χ0) is 28.2. The number of ether oxygens (including phenoxy) is 1. The molecule has 0 spiro atoms. The zero-order valence-corrected chi connectivity index (χ0v) is 25.3. The van der Waals surface area contributed by atoms with E-state index in [0.29, 0.717) is 42.6 Å². The Morgan fingerprint density at radius 3 is 2.55 bits per heavy atom. The van der Waals surface area contributed by atoms with E-state index in [1.54, 1.807) is 0 Å². The standard InChI is InChI=1S/C30H42O3.C6H13N/c1-3-6-21-7-4-8-24(19-21)33-18-17-30-16-14-26-25(27(30)9-5-10-28(30)32)12-11-22-20-23(31)13-15-29(22,26)2;7-6-4-2-1-3-5-6/h4,7-8,19-20,25-28,32H,3,5-6,9-18H2,1-2H3;6H,1-5,7H2. The first-order chi connectivity index (χ1) is 19.4. The van der Waals surface area contributed by atoms with Crippen LogP contribution in [-0.2, 0) is 11.2 Å². The van der Waals surface area contributed by atoms with Gasteiger partial charge in [-0.25, -0.2) is 0 Å². The highest BCUT2D eigenvalue weighted by Gasteiger charge is 2.59. The summed E-state index contributed by atoms with van der Waals surface area (Å²) in [6.45, 7) is 5.35. The normalized spacial score (nSPS) is 35.8. The van der Waals surface area contributed by atoms with Crippen LogP contribution in [0, 0.1) is 28.6 Å². The van der Waals surface area contributed by atoms with Crippen LogP contribution in [0.1, 0.15) is 122 Å². The van der Waals surface area contributed by atoms with Crippen molar-refractivity contribution in [1.82, 2.24) is 0 Å². The van der Waals surface area contributed by atoms with Gasteiger partial charge < -0.3 is 15.6 Å². The number of nitrogens with two attached hydrogens (primary N) is 1. The topological polar surface area (TPSA) is 72.5 Å². The first-order valence-corrected chi connectivity index (χ1v) is 16.7. The molecule has 0 heterocycles. The summed E-state index contributed by atoms with van der Waals surface area (Å²) in [7, 11) is 0. The van der Waals surface area contributed by atoms with Crippen LogP contribution in [0.4, 0.5) is 0 Å². The van der Waals surface area contributed by atoms with E-state index in [4.69, 9.17) is 10.5 Å². The van der Waals surface area contributed by atoms with Gasteiger partial charge in [0.1, 0.15) is 5.75 Å². The van der Waals surface area contributed by atoms with E-state index in [0.717, 1.165) is 57.1 Å². The van der Waals surface area contributed by atoms with Gasteiger partial charge >= 0.3 is 0 Å². The largest absolute Gasteiger partial charge is 0.494 e. The summed E-state index contributed by atoms with van der Waals surface area (Å²) < 4.78 is 6.28. The Balaban J connectivity index is 0.000000403. The first-order valence-electron chi connectivity index (χ1n) is 16.7. The average Bonchev–Trinajstić information content (AvgIpc) is 2.95. The molecule has 0 aliphatic heterocycles. The van der Waals surface area contributed by atoms with Crippen molar-refractivity contribution in [2.75, 3.05) is 6.61 Å². The second-order valence-corrected chi connectivity index (χ2v) is 14.1. The lowest BCUT2D eigenvalue weighted by molar-refractivity contribution is -0.148. The Labute approximate surface area is 243 Å². The summed E-state index contributed by atoms with van der Waals surface area (Å²) in [4.78, 5) is 12.1. The molecule has 6 unspecified atom stereocenters. The first kappa shape index (κ1) is 29.8. The number of ketones is 1. The molecule has 4 saturated carbocycles. The number of aryl methyl sites for hydroxylation is 1. The maximum atomic E-state index is 12.1. The molecule has 40 heavy (non-hydrogen) atoms. The molecule has 5 aliphatic rings. The minimum atomic E-state index is -0.204. The molecule has 0 amide bonds. The third-order valence-corrected chi connectivity index (χ3v) is 11.8. The monoisotopic (exact) mass is 549 g/mol. The number of aliphatic hydroxyl groups is 1. The minimum absolute atomic E-state index is 0.00249.